The van der Waals surface area contributed by atoms with Crippen LogP contribution in [0.5, 0.6) is 0 Å². The van der Waals surface area contributed by atoms with Gasteiger partial charge in [0.2, 0.25) is 5.28 Å². The number of fused-ring (bicyclic) bond motifs is 1. The molecule has 6 heteroatoms. The molecule has 5 nitrogen and oxygen atoms in total. The van der Waals surface area contributed by atoms with Crippen molar-refractivity contribution in [3.8, 4) is 0 Å². The highest BCUT2D eigenvalue weighted by Gasteiger charge is 2.20. The SMILES string of the molecule is CCCNc1nc(Cl)nc2c1ncn2C1CCCCC1. The first-order valence-corrected chi connectivity index (χ1v) is 7.81. The summed E-state index contributed by atoms with van der Waals surface area (Å²) < 4.78 is 2.18. The third kappa shape index (κ3) is 2.59. The Morgan fingerprint density at radius 2 is 2.10 bits per heavy atom. The molecule has 20 heavy (non-hydrogen) atoms. The summed E-state index contributed by atoms with van der Waals surface area (Å²) in [5.41, 5.74) is 1.68. The monoisotopic (exact) mass is 293 g/mol. The fraction of sp³-hybridized carbons (Fsp3) is 0.643. The van der Waals surface area contributed by atoms with Crippen LogP contribution in [-0.4, -0.2) is 26.1 Å². The van der Waals surface area contributed by atoms with Crippen molar-refractivity contribution in [1.29, 1.82) is 0 Å². The second kappa shape index (κ2) is 5.95. The minimum Gasteiger partial charge on any atom is -0.368 e. The van der Waals surface area contributed by atoms with Gasteiger partial charge in [-0.2, -0.15) is 9.97 Å². The molecule has 108 valence electrons. The number of nitrogens with one attached hydrogen (secondary N) is 1. The summed E-state index contributed by atoms with van der Waals surface area (Å²) in [5.74, 6) is 0.747. The molecule has 0 spiro atoms. The Balaban J connectivity index is 2.00. The van der Waals surface area contributed by atoms with Gasteiger partial charge in [-0.25, -0.2) is 4.98 Å². The molecule has 2 heterocycles. The van der Waals surface area contributed by atoms with Crippen molar-refractivity contribution < 1.29 is 0 Å². The molecule has 0 amide bonds. The Bertz CT molecular complexity index is 589. The topological polar surface area (TPSA) is 55.6 Å². The quantitative estimate of drug-likeness (QED) is 0.871. The number of anilines is 1. The van der Waals surface area contributed by atoms with Gasteiger partial charge in [0.05, 0.1) is 6.33 Å². The number of imidazole rings is 1. The second-order valence-corrected chi connectivity index (χ2v) is 5.72. The van der Waals surface area contributed by atoms with Crippen molar-refractivity contribution in [3.63, 3.8) is 0 Å². The Kier molecular flexibility index (Phi) is 4.05. The fourth-order valence-corrected chi connectivity index (χ4v) is 3.05. The van der Waals surface area contributed by atoms with E-state index in [1.165, 1.54) is 32.1 Å². The fourth-order valence-electron chi connectivity index (χ4n) is 2.88. The van der Waals surface area contributed by atoms with Crippen molar-refractivity contribution in [2.75, 3.05) is 11.9 Å². The van der Waals surface area contributed by atoms with Gasteiger partial charge < -0.3 is 9.88 Å². The molecule has 0 radical (unpaired) electrons. The average molecular weight is 294 g/mol. The third-order valence-electron chi connectivity index (χ3n) is 3.90. The lowest BCUT2D eigenvalue weighted by molar-refractivity contribution is 0.358. The van der Waals surface area contributed by atoms with Crippen molar-refractivity contribution >= 4 is 28.6 Å². The number of rotatable bonds is 4. The standard InChI is InChI=1S/C14H20ClN5/c1-2-8-16-12-11-13(19-14(15)18-12)20(9-17-11)10-6-4-3-5-7-10/h9-10H,2-8H2,1H3,(H,16,18,19). The van der Waals surface area contributed by atoms with E-state index in [2.05, 4.69) is 31.8 Å². The van der Waals surface area contributed by atoms with Gasteiger partial charge in [0.25, 0.3) is 0 Å². The second-order valence-electron chi connectivity index (χ2n) is 5.38. The van der Waals surface area contributed by atoms with Crippen LogP contribution in [0.1, 0.15) is 51.5 Å². The van der Waals surface area contributed by atoms with Gasteiger partial charge in [-0.05, 0) is 30.9 Å². The van der Waals surface area contributed by atoms with Crippen LogP contribution in [0.25, 0.3) is 11.2 Å². The summed E-state index contributed by atoms with van der Waals surface area (Å²) in [6.07, 6.45) is 9.22. The zero-order valence-corrected chi connectivity index (χ0v) is 12.5. The van der Waals surface area contributed by atoms with Crippen LogP contribution in [-0.2, 0) is 0 Å². The van der Waals surface area contributed by atoms with E-state index in [4.69, 9.17) is 11.6 Å². The van der Waals surface area contributed by atoms with Crippen LogP contribution < -0.4 is 5.32 Å². The first kappa shape index (κ1) is 13.6. The first-order chi connectivity index (χ1) is 9.79. The minimum atomic E-state index is 0.286. The average Bonchev–Trinajstić information content (AvgIpc) is 2.89. The molecule has 2 aromatic heterocycles. The van der Waals surface area contributed by atoms with Gasteiger partial charge in [-0.1, -0.05) is 26.2 Å². The molecular formula is C14H20ClN5. The predicted molar refractivity (Wildman–Crippen MR) is 81.2 cm³/mol. The molecule has 1 N–H and O–H groups in total. The highest BCUT2D eigenvalue weighted by molar-refractivity contribution is 6.28. The summed E-state index contributed by atoms with van der Waals surface area (Å²) in [6, 6.07) is 0.499. The van der Waals surface area contributed by atoms with Crippen LogP contribution in [0.15, 0.2) is 6.33 Å². The molecule has 1 aliphatic carbocycles. The van der Waals surface area contributed by atoms with Crippen LogP contribution in [0.3, 0.4) is 0 Å². The maximum absolute atomic E-state index is 6.07. The van der Waals surface area contributed by atoms with Crippen LogP contribution in [0.4, 0.5) is 5.82 Å². The lowest BCUT2D eigenvalue weighted by Gasteiger charge is -2.23. The largest absolute Gasteiger partial charge is 0.368 e. The maximum Gasteiger partial charge on any atom is 0.226 e. The van der Waals surface area contributed by atoms with Crippen LogP contribution in [0, 0.1) is 0 Å². The van der Waals surface area contributed by atoms with Crippen molar-refractivity contribution in [2.24, 2.45) is 0 Å². The molecule has 0 unspecified atom stereocenters. The summed E-state index contributed by atoms with van der Waals surface area (Å²) in [5, 5.41) is 3.57. The lowest BCUT2D eigenvalue weighted by Crippen LogP contribution is -2.12. The van der Waals surface area contributed by atoms with E-state index in [1.54, 1.807) is 0 Å². The zero-order chi connectivity index (χ0) is 13.9. The Morgan fingerprint density at radius 1 is 1.30 bits per heavy atom. The molecule has 2 aromatic rings. The molecule has 1 saturated carbocycles. The number of hydrogen-bond acceptors (Lipinski definition) is 4. The Morgan fingerprint density at radius 3 is 2.85 bits per heavy atom. The Hall–Kier alpha value is -1.36. The zero-order valence-electron chi connectivity index (χ0n) is 11.8. The van der Waals surface area contributed by atoms with Gasteiger partial charge in [0.1, 0.15) is 0 Å². The van der Waals surface area contributed by atoms with Crippen LogP contribution in [0.2, 0.25) is 5.28 Å². The number of hydrogen-bond donors (Lipinski definition) is 1. The minimum absolute atomic E-state index is 0.286. The number of nitrogens with zero attached hydrogens (tertiary/aromatic N) is 4. The molecule has 0 atom stereocenters. The van der Waals surface area contributed by atoms with Gasteiger partial charge in [-0.15, -0.1) is 0 Å². The van der Waals surface area contributed by atoms with E-state index in [9.17, 15) is 0 Å². The molecule has 0 saturated heterocycles. The molecule has 3 rings (SSSR count). The third-order valence-corrected chi connectivity index (χ3v) is 4.07. The maximum atomic E-state index is 6.07. The molecular weight excluding hydrogens is 274 g/mol. The van der Waals surface area contributed by atoms with Crippen molar-refractivity contribution in [2.45, 2.75) is 51.5 Å². The van der Waals surface area contributed by atoms with E-state index in [-0.39, 0.29) is 5.28 Å². The summed E-state index contributed by atoms with van der Waals surface area (Å²) in [4.78, 5) is 13.2. The number of halogens is 1. The molecule has 0 aliphatic heterocycles. The van der Waals surface area contributed by atoms with E-state index in [0.29, 0.717) is 6.04 Å². The van der Waals surface area contributed by atoms with E-state index >= 15 is 0 Å². The normalized spacial score (nSPS) is 16.7. The van der Waals surface area contributed by atoms with E-state index in [1.807, 2.05) is 6.33 Å². The molecule has 0 bridgehead atoms. The Labute approximate surface area is 123 Å². The molecule has 1 aliphatic rings. The highest BCUT2D eigenvalue weighted by Crippen LogP contribution is 2.31. The first-order valence-electron chi connectivity index (χ1n) is 7.43. The van der Waals surface area contributed by atoms with Gasteiger partial charge in [0, 0.05) is 12.6 Å². The van der Waals surface area contributed by atoms with E-state index in [0.717, 1.165) is 29.9 Å². The van der Waals surface area contributed by atoms with Gasteiger partial charge in [0.15, 0.2) is 17.0 Å². The molecule has 1 fully saturated rings. The summed E-state index contributed by atoms with van der Waals surface area (Å²) in [6.45, 7) is 2.98. The summed E-state index contributed by atoms with van der Waals surface area (Å²) >= 11 is 6.07. The lowest BCUT2D eigenvalue weighted by atomic mass is 9.95. The number of aromatic nitrogens is 4. The highest BCUT2D eigenvalue weighted by atomic mass is 35.5. The van der Waals surface area contributed by atoms with E-state index < -0.39 is 0 Å². The predicted octanol–water partition coefficient (Wildman–Crippen LogP) is 3.81. The molecule has 0 aromatic carbocycles. The van der Waals surface area contributed by atoms with Gasteiger partial charge in [-0.3, -0.25) is 0 Å². The smallest absolute Gasteiger partial charge is 0.226 e. The summed E-state index contributed by atoms with van der Waals surface area (Å²) in [7, 11) is 0. The van der Waals surface area contributed by atoms with Crippen LogP contribution >= 0.6 is 11.6 Å². The van der Waals surface area contributed by atoms with Gasteiger partial charge >= 0.3 is 0 Å². The van der Waals surface area contributed by atoms with Crippen molar-refractivity contribution in [1.82, 2.24) is 19.5 Å². The van der Waals surface area contributed by atoms with Crippen molar-refractivity contribution in [3.05, 3.63) is 11.6 Å².